The molecule has 1 saturated carbocycles. The van der Waals surface area contributed by atoms with Gasteiger partial charge in [0.05, 0.1) is 12.6 Å². The van der Waals surface area contributed by atoms with E-state index in [0.29, 0.717) is 19.0 Å². The molecule has 7 heteroatoms. The number of nitrogens with one attached hydrogen (secondary N) is 2. The Labute approximate surface area is 151 Å². The lowest BCUT2D eigenvalue weighted by molar-refractivity contribution is -0.123. The summed E-state index contributed by atoms with van der Waals surface area (Å²) in [5.74, 6) is 1.34. The Kier molecular flexibility index (Phi) is 7.96. The number of hydrogen-bond donors (Lipinski definition) is 3. The third-order valence-electron chi connectivity index (χ3n) is 4.92. The molecule has 25 heavy (non-hydrogen) atoms. The summed E-state index contributed by atoms with van der Waals surface area (Å²) < 4.78 is 0. The zero-order valence-corrected chi connectivity index (χ0v) is 16.0. The third-order valence-corrected chi connectivity index (χ3v) is 4.92. The molecule has 144 valence electrons. The maximum atomic E-state index is 11.9. The molecule has 3 N–H and O–H groups in total. The Morgan fingerprint density at radius 2 is 1.96 bits per heavy atom. The van der Waals surface area contributed by atoms with Gasteiger partial charge in [0.2, 0.25) is 5.91 Å². The predicted molar refractivity (Wildman–Crippen MR) is 101 cm³/mol. The molecule has 1 amide bonds. The molecule has 7 nitrogen and oxygen atoms in total. The van der Waals surface area contributed by atoms with Crippen LogP contribution >= 0.6 is 0 Å². The fourth-order valence-electron chi connectivity index (χ4n) is 3.55. The molecule has 2 fully saturated rings. The molecule has 1 aliphatic carbocycles. The normalized spacial score (nSPS) is 25.5. The Morgan fingerprint density at radius 1 is 1.24 bits per heavy atom. The van der Waals surface area contributed by atoms with Crippen LogP contribution in [0.15, 0.2) is 4.99 Å². The summed E-state index contributed by atoms with van der Waals surface area (Å²) in [6, 6.07) is 0.187. The van der Waals surface area contributed by atoms with Crippen LogP contribution in [-0.2, 0) is 4.79 Å². The number of aliphatic hydroxyl groups is 1. The molecule has 0 aromatic heterocycles. The summed E-state index contributed by atoms with van der Waals surface area (Å²) in [6.45, 7) is 11.5. The molecule has 2 unspecified atom stereocenters. The average Bonchev–Trinajstić information content (AvgIpc) is 2.96. The third kappa shape index (κ3) is 6.47. The largest absolute Gasteiger partial charge is 0.393 e. The Hall–Kier alpha value is -1.34. The number of piperazine rings is 1. The minimum Gasteiger partial charge on any atom is -0.393 e. The maximum absolute atomic E-state index is 11.9. The predicted octanol–water partition coefficient (Wildman–Crippen LogP) is 0.255. The van der Waals surface area contributed by atoms with E-state index in [1.165, 1.54) is 0 Å². The smallest absolute Gasteiger partial charge is 0.234 e. The maximum Gasteiger partial charge on any atom is 0.234 e. The average molecular weight is 354 g/mol. The summed E-state index contributed by atoms with van der Waals surface area (Å²) in [6.07, 6.45) is 2.90. The van der Waals surface area contributed by atoms with Crippen molar-refractivity contribution in [2.75, 3.05) is 45.8 Å². The van der Waals surface area contributed by atoms with Crippen LogP contribution in [0.5, 0.6) is 0 Å². The highest BCUT2D eigenvalue weighted by atomic mass is 16.3. The van der Waals surface area contributed by atoms with Gasteiger partial charge in [-0.3, -0.25) is 14.7 Å². The topological polar surface area (TPSA) is 80.2 Å². The lowest BCUT2D eigenvalue weighted by Crippen LogP contribution is -2.54. The second kappa shape index (κ2) is 9.97. The van der Waals surface area contributed by atoms with Gasteiger partial charge in [-0.25, -0.2) is 0 Å². The molecule has 0 radical (unpaired) electrons. The molecule has 2 aliphatic rings. The van der Waals surface area contributed by atoms with Crippen LogP contribution < -0.4 is 10.6 Å². The van der Waals surface area contributed by atoms with Crippen molar-refractivity contribution in [3.05, 3.63) is 0 Å². The van der Waals surface area contributed by atoms with Gasteiger partial charge >= 0.3 is 0 Å². The fraction of sp³-hybridized carbons (Fsp3) is 0.889. The summed E-state index contributed by atoms with van der Waals surface area (Å²) in [7, 11) is 0. The Bertz CT molecular complexity index is 447. The van der Waals surface area contributed by atoms with Crippen molar-refractivity contribution < 1.29 is 9.90 Å². The number of aliphatic imine (C=N–C) groups is 1. The molecule has 0 spiro atoms. The van der Waals surface area contributed by atoms with E-state index >= 15 is 0 Å². The first-order valence-corrected chi connectivity index (χ1v) is 9.72. The molecule has 0 aromatic rings. The van der Waals surface area contributed by atoms with Crippen molar-refractivity contribution in [2.45, 2.75) is 52.2 Å². The summed E-state index contributed by atoms with van der Waals surface area (Å²) in [5, 5.41) is 16.3. The molecule has 2 atom stereocenters. The SMILES string of the molecule is CCNC(=NCC1CCCC1O)N1CCN(CC(=O)NC(C)C)CC1. The van der Waals surface area contributed by atoms with Crippen LogP contribution in [0, 0.1) is 5.92 Å². The highest BCUT2D eigenvalue weighted by Crippen LogP contribution is 2.25. The van der Waals surface area contributed by atoms with Crippen LogP contribution in [0.25, 0.3) is 0 Å². The van der Waals surface area contributed by atoms with Crippen LogP contribution in [0.2, 0.25) is 0 Å². The van der Waals surface area contributed by atoms with Crippen molar-refractivity contribution >= 4 is 11.9 Å². The van der Waals surface area contributed by atoms with Gasteiger partial charge in [-0.05, 0) is 33.6 Å². The van der Waals surface area contributed by atoms with Gasteiger partial charge in [0.25, 0.3) is 0 Å². The summed E-state index contributed by atoms with van der Waals surface area (Å²) >= 11 is 0. The standard InChI is InChI=1S/C18H35N5O2/c1-4-19-18(20-12-15-6-5-7-16(15)24)23-10-8-22(9-11-23)13-17(25)21-14(2)3/h14-16,24H,4-13H2,1-3H3,(H,19,20)(H,21,25). The van der Waals surface area contributed by atoms with E-state index < -0.39 is 0 Å². The lowest BCUT2D eigenvalue weighted by atomic mass is 10.1. The fourth-order valence-corrected chi connectivity index (χ4v) is 3.55. The van der Waals surface area contributed by atoms with Crippen LogP contribution in [0.4, 0.5) is 0 Å². The quantitative estimate of drug-likeness (QED) is 0.471. The van der Waals surface area contributed by atoms with Gasteiger partial charge in [-0.2, -0.15) is 0 Å². The van der Waals surface area contributed by atoms with Crippen LogP contribution in [0.3, 0.4) is 0 Å². The van der Waals surface area contributed by atoms with Crippen molar-refractivity contribution in [3.8, 4) is 0 Å². The first kappa shape index (κ1) is 20.0. The van der Waals surface area contributed by atoms with E-state index in [1.807, 2.05) is 13.8 Å². The van der Waals surface area contributed by atoms with E-state index in [4.69, 9.17) is 4.99 Å². The molecule has 1 heterocycles. The van der Waals surface area contributed by atoms with Crippen molar-refractivity contribution in [3.63, 3.8) is 0 Å². The van der Waals surface area contributed by atoms with Gasteiger partial charge in [-0.15, -0.1) is 0 Å². The number of rotatable bonds is 6. The van der Waals surface area contributed by atoms with Gasteiger partial charge < -0.3 is 20.6 Å². The molecular formula is C18H35N5O2. The zero-order valence-electron chi connectivity index (χ0n) is 16.0. The number of carbonyl (C=O) groups is 1. The summed E-state index contributed by atoms with van der Waals surface area (Å²) in [5.41, 5.74) is 0. The molecule has 0 aromatic carbocycles. The van der Waals surface area contributed by atoms with E-state index in [9.17, 15) is 9.90 Å². The molecule has 0 bridgehead atoms. The van der Waals surface area contributed by atoms with Gasteiger partial charge in [-0.1, -0.05) is 6.42 Å². The first-order valence-electron chi connectivity index (χ1n) is 9.72. The summed E-state index contributed by atoms with van der Waals surface area (Å²) in [4.78, 5) is 21.1. The van der Waals surface area contributed by atoms with Crippen molar-refractivity contribution in [1.29, 1.82) is 0 Å². The van der Waals surface area contributed by atoms with Gasteiger partial charge in [0.1, 0.15) is 0 Å². The number of hydrogen-bond acceptors (Lipinski definition) is 4. The Morgan fingerprint density at radius 3 is 2.52 bits per heavy atom. The van der Waals surface area contributed by atoms with Crippen LogP contribution in [-0.4, -0.2) is 84.7 Å². The number of aliphatic hydroxyl groups excluding tert-OH is 1. The van der Waals surface area contributed by atoms with E-state index in [1.54, 1.807) is 0 Å². The van der Waals surface area contributed by atoms with E-state index in [-0.39, 0.29) is 18.1 Å². The molecule has 1 saturated heterocycles. The lowest BCUT2D eigenvalue weighted by Gasteiger charge is -2.36. The molecular weight excluding hydrogens is 318 g/mol. The number of carbonyl (C=O) groups excluding carboxylic acids is 1. The van der Waals surface area contributed by atoms with Gasteiger partial charge in [0, 0.05) is 51.2 Å². The minimum absolute atomic E-state index is 0.0965. The Balaban J connectivity index is 1.81. The molecule has 1 aliphatic heterocycles. The van der Waals surface area contributed by atoms with Crippen molar-refractivity contribution in [1.82, 2.24) is 20.4 Å². The number of guanidine groups is 1. The number of amides is 1. The highest BCUT2D eigenvalue weighted by molar-refractivity contribution is 5.80. The second-order valence-electron chi connectivity index (χ2n) is 7.44. The highest BCUT2D eigenvalue weighted by Gasteiger charge is 2.26. The first-order chi connectivity index (χ1) is 12.0. The second-order valence-corrected chi connectivity index (χ2v) is 7.44. The monoisotopic (exact) mass is 353 g/mol. The van der Waals surface area contributed by atoms with E-state index in [2.05, 4.69) is 27.4 Å². The minimum atomic E-state index is -0.192. The number of nitrogens with zero attached hydrogens (tertiary/aromatic N) is 3. The molecule has 2 rings (SSSR count). The van der Waals surface area contributed by atoms with Gasteiger partial charge in [0.15, 0.2) is 5.96 Å². The van der Waals surface area contributed by atoms with E-state index in [0.717, 1.165) is 57.9 Å². The van der Waals surface area contributed by atoms with Crippen molar-refractivity contribution in [2.24, 2.45) is 10.9 Å². The zero-order chi connectivity index (χ0) is 18.2. The van der Waals surface area contributed by atoms with Crippen LogP contribution in [0.1, 0.15) is 40.0 Å².